The van der Waals surface area contributed by atoms with Gasteiger partial charge in [0.25, 0.3) is 5.69 Å². The molecule has 0 saturated heterocycles. The number of carbonyl (C=O) groups excluding carboxylic acids is 1. The molecule has 1 aromatic heterocycles. The lowest BCUT2D eigenvalue weighted by Gasteiger charge is -2.11. The van der Waals surface area contributed by atoms with Crippen LogP contribution in [0.5, 0.6) is 5.75 Å². The summed E-state index contributed by atoms with van der Waals surface area (Å²) in [7, 11) is 0. The first kappa shape index (κ1) is 25.7. The number of hydrogen-bond donors (Lipinski definition) is 1. The molecule has 1 heterocycles. The summed E-state index contributed by atoms with van der Waals surface area (Å²) < 4.78 is 7.96. The van der Waals surface area contributed by atoms with Crippen LogP contribution < -0.4 is 10.2 Å². The molecule has 0 radical (unpaired) electrons. The molecule has 0 bridgehead atoms. The van der Waals surface area contributed by atoms with Crippen molar-refractivity contribution in [1.29, 1.82) is 0 Å². The summed E-state index contributed by atoms with van der Waals surface area (Å²) in [5, 5.41) is 15.9. The van der Waals surface area contributed by atoms with Gasteiger partial charge in [0.05, 0.1) is 17.6 Å². The fraction of sp³-hybridized carbons (Fsp3) is 0.143. The van der Waals surface area contributed by atoms with E-state index in [9.17, 15) is 14.9 Å². The number of aromatic nitrogens is 1. The van der Waals surface area contributed by atoms with Crippen LogP contribution in [0.15, 0.2) is 84.0 Å². The monoisotopic (exact) mass is 516 g/mol. The minimum Gasteiger partial charge on any atom is -0.489 e. The molecule has 0 aliphatic rings. The summed E-state index contributed by atoms with van der Waals surface area (Å²) in [6.07, 6.45) is 1.43. The van der Waals surface area contributed by atoms with Gasteiger partial charge in [0.2, 0.25) is 5.91 Å². The number of hydrogen-bond acceptors (Lipinski definition) is 5. The topological polar surface area (TPSA) is 98.8 Å². The van der Waals surface area contributed by atoms with E-state index < -0.39 is 10.8 Å². The summed E-state index contributed by atoms with van der Waals surface area (Å²) in [4.78, 5) is 22.9. The highest BCUT2D eigenvalue weighted by atomic mass is 35.5. The summed E-state index contributed by atoms with van der Waals surface area (Å²) in [6.45, 7) is 4.40. The van der Waals surface area contributed by atoms with Crippen molar-refractivity contribution in [1.82, 2.24) is 9.99 Å². The standard InChI is InChI=1S/C28H25ClN4O4/c1-19-15-23(17-30-31-28(34)16-22-5-3-4-6-27(22)33(35)36)20(2)32(19)25-11-13-26(14-12-25)37-18-21-7-9-24(29)10-8-21/h3-15,17H,16,18H2,1-2H3,(H,31,34)/b30-17+. The average Bonchev–Trinajstić information content (AvgIpc) is 3.17. The molecule has 0 aliphatic heterocycles. The maximum Gasteiger partial charge on any atom is 0.273 e. The van der Waals surface area contributed by atoms with E-state index in [-0.39, 0.29) is 12.1 Å². The third-order valence-corrected chi connectivity index (χ3v) is 6.07. The lowest BCUT2D eigenvalue weighted by atomic mass is 10.1. The van der Waals surface area contributed by atoms with Crippen LogP contribution in [0.2, 0.25) is 5.02 Å². The number of hydrazone groups is 1. The maximum absolute atomic E-state index is 12.3. The highest BCUT2D eigenvalue weighted by molar-refractivity contribution is 6.30. The number of nitrogens with one attached hydrogen (secondary N) is 1. The number of rotatable bonds is 9. The van der Waals surface area contributed by atoms with Gasteiger partial charge >= 0.3 is 0 Å². The van der Waals surface area contributed by atoms with Crippen molar-refractivity contribution >= 4 is 29.4 Å². The molecule has 0 saturated carbocycles. The molecule has 0 unspecified atom stereocenters. The first-order valence-corrected chi connectivity index (χ1v) is 11.9. The minimum atomic E-state index is -0.501. The molecule has 37 heavy (non-hydrogen) atoms. The SMILES string of the molecule is Cc1cc(/C=N/NC(=O)Cc2ccccc2[N+](=O)[O-])c(C)n1-c1ccc(OCc2ccc(Cl)cc2)cc1. The Morgan fingerprint density at radius 1 is 1.08 bits per heavy atom. The van der Waals surface area contributed by atoms with Crippen molar-refractivity contribution in [3.05, 3.63) is 122 Å². The molecule has 188 valence electrons. The van der Waals surface area contributed by atoms with Gasteiger partial charge in [-0.3, -0.25) is 14.9 Å². The van der Waals surface area contributed by atoms with E-state index in [2.05, 4.69) is 15.1 Å². The average molecular weight is 517 g/mol. The number of nitro groups is 1. The molecule has 4 aromatic rings. The number of halogens is 1. The van der Waals surface area contributed by atoms with Gasteiger partial charge < -0.3 is 9.30 Å². The normalized spacial score (nSPS) is 11.0. The summed E-state index contributed by atoms with van der Waals surface area (Å²) in [5.74, 6) is 0.317. The van der Waals surface area contributed by atoms with Crippen molar-refractivity contribution < 1.29 is 14.5 Å². The highest BCUT2D eigenvalue weighted by Crippen LogP contribution is 2.23. The summed E-state index contributed by atoms with van der Waals surface area (Å²) >= 11 is 5.93. The van der Waals surface area contributed by atoms with Gasteiger partial charge in [-0.05, 0) is 61.9 Å². The molecule has 8 nitrogen and oxygen atoms in total. The van der Waals surface area contributed by atoms with Crippen molar-refractivity contribution in [2.75, 3.05) is 0 Å². The van der Waals surface area contributed by atoms with Gasteiger partial charge in [0.15, 0.2) is 0 Å². The lowest BCUT2D eigenvalue weighted by molar-refractivity contribution is -0.385. The Balaban J connectivity index is 1.39. The lowest BCUT2D eigenvalue weighted by Crippen LogP contribution is -2.20. The number of benzene rings is 3. The molecule has 0 atom stereocenters. The van der Waals surface area contributed by atoms with Gasteiger partial charge in [-0.15, -0.1) is 0 Å². The quantitative estimate of drug-likeness (QED) is 0.169. The number of nitrogens with zero attached hydrogens (tertiary/aromatic N) is 3. The first-order chi connectivity index (χ1) is 17.8. The van der Waals surface area contributed by atoms with Crippen molar-refractivity contribution in [2.45, 2.75) is 26.9 Å². The van der Waals surface area contributed by atoms with E-state index in [0.717, 1.165) is 34.0 Å². The Labute approximate surface area is 219 Å². The zero-order chi connectivity index (χ0) is 26.4. The van der Waals surface area contributed by atoms with Gasteiger partial charge in [0, 0.05) is 39.3 Å². The fourth-order valence-corrected chi connectivity index (χ4v) is 4.11. The Morgan fingerprint density at radius 3 is 2.49 bits per heavy atom. The largest absolute Gasteiger partial charge is 0.489 e. The molecular formula is C28H25ClN4O4. The number of carbonyl (C=O) groups is 1. The molecule has 1 N–H and O–H groups in total. The van der Waals surface area contributed by atoms with Gasteiger partial charge in [-0.25, -0.2) is 5.43 Å². The van der Waals surface area contributed by atoms with Crippen LogP contribution in [-0.4, -0.2) is 21.6 Å². The van der Waals surface area contributed by atoms with Crippen molar-refractivity contribution in [3.63, 3.8) is 0 Å². The molecule has 3 aromatic carbocycles. The predicted molar refractivity (Wildman–Crippen MR) is 144 cm³/mol. The Bertz CT molecular complexity index is 1440. The van der Waals surface area contributed by atoms with Crippen LogP contribution in [-0.2, 0) is 17.8 Å². The number of aryl methyl sites for hydroxylation is 1. The number of nitro benzene ring substituents is 1. The third-order valence-electron chi connectivity index (χ3n) is 5.82. The summed E-state index contributed by atoms with van der Waals surface area (Å²) in [5.41, 5.74) is 7.48. The second-order valence-electron chi connectivity index (χ2n) is 8.43. The maximum atomic E-state index is 12.3. The molecular weight excluding hydrogens is 492 g/mol. The molecule has 9 heteroatoms. The smallest absolute Gasteiger partial charge is 0.273 e. The Hall–Kier alpha value is -4.43. The minimum absolute atomic E-state index is 0.0911. The second-order valence-corrected chi connectivity index (χ2v) is 8.86. The molecule has 0 aliphatic carbocycles. The van der Waals surface area contributed by atoms with Crippen molar-refractivity contribution in [2.24, 2.45) is 5.10 Å². The molecule has 1 amide bonds. The van der Waals surface area contributed by atoms with Crippen LogP contribution in [0.25, 0.3) is 5.69 Å². The van der Waals surface area contributed by atoms with Crippen LogP contribution >= 0.6 is 11.6 Å². The first-order valence-electron chi connectivity index (χ1n) is 11.5. The Morgan fingerprint density at radius 2 is 1.78 bits per heavy atom. The van der Waals surface area contributed by atoms with Crippen LogP contribution in [0.1, 0.15) is 28.1 Å². The van der Waals surface area contributed by atoms with Gasteiger partial charge in [-0.1, -0.05) is 41.9 Å². The Kier molecular flexibility index (Phi) is 8.00. The van der Waals surface area contributed by atoms with Gasteiger partial charge in [0.1, 0.15) is 12.4 Å². The fourth-order valence-electron chi connectivity index (χ4n) is 3.98. The molecule has 0 spiro atoms. The molecule has 4 rings (SSSR count). The van der Waals surface area contributed by atoms with E-state index in [1.165, 1.54) is 6.07 Å². The molecule has 0 fully saturated rings. The van der Waals surface area contributed by atoms with E-state index in [4.69, 9.17) is 16.3 Å². The van der Waals surface area contributed by atoms with E-state index in [1.807, 2.05) is 68.4 Å². The number of para-hydroxylation sites is 1. The van der Waals surface area contributed by atoms with Crippen LogP contribution in [0.4, 0.5) is 5.69 Å². The second kappa shape index (κ2) is 11.5. The highest BCUT2D eigenvalue weighted by Gasteiger charge is 2.15. The predicted octanol–water partition coefficient (Wildman–Crippen LogP) is 5.93. The van der Waals surface area contributed by atoms with Gasteiger partial charge in [-0.2, -0.15) is 5.10 Å². The van der Waals surface area contributed by atoms with E-state index in [0.29, 0.717) is 17.2 Å². The van der Waals surface area contributed by atoms with Crippen molar-refractivity contribution in [3.8, 4) is 11.4 Å². The zero-order valence-electron chi connectivity index (χ0n) is 20.3. The van der Waals surface area contributed by atoms with Crippen LogP contribution in [0, 0.1) is 24.0 Å². The zero-order valence-corrected chi connectivity index (χ0v) is 21.1. The summed E-state index contributed by atoms with van der Waals surface area (Å²) in [6, 6.07) is 23.5. The third kappa shape index (κ3) is 6.42. The number of ether oxygens (including phenoxy) is 1. The van der Waals surface area contributed by atoms with E-state index in [1.54, 1.807) is 24.4 Å². The number of amides is 1. The van der Waals surface area contributed by atoms with E-state index >= 15 is 0 Å². The van der Waals surface area contributed by atoms with Crippen LogP contribution in [0.3, 0.4) is 0 Å².